The number of carbonyl (C=O) groups excluding carboxylic acids is 1. The second-order valence-corrected chi connectivity index (χ2v) is 6.06. The normalized spacial score (nSPS) is 17.8. The molecule has 23 heavy (non-hydrogen) atoms. The molecule has 0 unspecified atom stereocenters. The zero-order chi connectivity index (χ0) is 16.2. The zero-order valence-corrected chi connectivity index (χ0v) is 13.4. The second-order valence-electron chi connectivity index (χ2n) is 6.06. The van der Waals surface area contributed by atoms with Crippen LogP contribution < -0.4 is 10.9 Å². The van der Waals surface area contributed by atoms with Gasteiger partial charge in [-0.2, -0.15) is 0 Å². The molecule has 3 rings (SSSR count). The molecule has 0 aliphatic carbocycles. The smallest absolute Gasteiger partial charge is 0.261 e. The maximum absolute atomic E-state index is 12.4. The summed E-state index contributed by atoms with van der Waals surface area (Å²) in [7, 11) is 1.93. The van der Waals surface area contributed by atoms with E-state index in [9.17, 15) is 9.59 Å². The Balaban J connectivity index is 1.63. The zero-order valence-electron chi connectivity index (χ0n) is 13.4. The van der Waals surface area contributed by atoms with Gasteiger partial charge in [0.05, 0.1) is 17.2 Å². The van der Waals surface area contributed by atoms with Crippen molar-refractivity contribution < 1.29 is 4.79 Å². The number of hydrogen-bond donors (Lipinski definition) is 1. The van der Waals surface area contributed by atoms with Gasteiger partial charge in [-0.25, -0.2) is 4.98 Å². The van der Waals surface area contributed by atoms with E-state index in [4.69, 9.17) is 0 Å². The summed E-state index contributed by atoms with van der Waals surface area (Å²) in [4.78, 5) is 30.9. The van der Waals surface area contributed by atoms with E-state index in [0.717, 1.165) is 26.1 Å². The lowest BCUT2D eigenvalue weighted by Crippen LogP contribution is -2.32. The summed E-state index contributed by atoms with van der Waals surface area (Å²) in [5.74, 6) is 0.651. The molecule has 1 saturated heterocycles. The molecule has 0 bridgehead atoms. The van der Waals surface area contributed by atoms with Gasteiger partial charge in [0.15, 0.2) is 0 Å². The van der Waals surface area contributed by atoms with Gasteiger partial charge in [0.1, 0.15) is 0 Å². The molecule has 1 aliphatic heterocycles. The van der Waals surface area contributed by atoms with Gasteiger partial charge in [-0.1, -0.05) is 12.1 Å². The Morgan fingerprint density at radius 1 is 1.39 bits per heavy atom. The third kappa shape index (κ3) is 3.42. The maximum atomic E-state index is 12.4. The van der Waals surface area contributed by atoms with Gasteiger partial charge in [-0.3, -0.25) is 14.2 Å². The Hall–Kier alpha value is -2.21. The molecule has 6 nitrogen and oxygen atoms in total. The molecule has 122 valence electrons. The number of carbonyl (C=O) groups is 1. The number of nitrogens with zero attached hydrogens (tertiary/aromatic N) is 3. The summed E-state index contributed by atoms with van der Waals surface area (Å²) in [6.45, 7) is 2.95. The van der Waals surface area contributed by atoms with Crippen molar-refractivity contribution in [3.63, 3.8) is 0 Å². The molecular formula is C17H22N4O2. The fourth-order valence-corrected chi connectivity index (χ4v) is 3.15. The van der Waals surface area contributed by atoms with Crippen LogP contribution in [0.25, 0.3) is 10.9 Å². The van der Waals surface area contributed by atoms with Crippen molar-refractivity contribution in [1.82, 2.24) is 19.8 Å². The van der Waals surface area contributed by atoms with Gasteiger partial charge in [-0.15, -0.1) is 0 Å². The molecule has 0 saturated carbocycles. The predicted octanol–water partition coefficient (Wildman–Crippen LogP) is 0.854. The molecule has 1 atom stereocenters. The standard InChI is InChI=1S/C17H22N4O2/c1-18-10-13-6-8-20(11-13)16(22)7-9-21-12-19-15-5-3-2-4-14(15)17(21)23/h2-5,12-13,18H,6-11H2,1H3/t13-/m1/s1. The first-order valence-electron chi connectivity index (χ1n) is 8.05. The molecule has 0 spiro atoms. The van der Waals surface area contributed by atoms with Crippen molar-refractivity contribution in [3.8, 4) is 0 Å². The van der Waals surface area contributed by atoms with Crippen LogP contribution in [0.15, 0.2) is 35.4 Å². The predicted molar refractivity (Wildman–Crippen MR) is 89.2 cm³/mol. The summed E-state index contributed by atoms with van der Waals surface area (Å²) >= 11 is 0. The molecule has 6 heteroatoms. The van der Waals surface area contributed by atoms with Crippen molar-refractivity contribution in [1.29, 1.82) is 0 Å². The third-order valence-corrected chi connectivity index (χ3v) is 4.43. The Kier molecular flexibility index (Phi) is 4.71. The lowest BCUT2D eigenvalue weighted by atomic mass is 10.1. The highest BCUT2D eigenvalue weighted by molar-refractivity contribution is 5.77. The highest BCUT2D eigenvalue weighted by atomic mass is 16.2. The largest absolute Gasteiger partial charge is 0.342 e. The van der Waals surface area contributed by atoms with Crippen LogP contribution in [-0.4, -0.2) is 47.0 Å². The van der Waals surface area contributed by atoms with Crippen molar-refractivity contribution in [2.75, 3.05) is 26.7 Å². The highest BCUT2D eigenvalue weighted by Crippen LogP contribution is 2.16. The summed E-state index contributed by atoms with van der Waals surface area (Å²) in [6.07, 6.45) is 2.92. The van der Waals surface area contributed by atoms with Crippen LogP contribution in [0.4, 0.5) is 0 Å². The number of aryl methyl sites for hydroxylation is 1. The average Bonchev–Trinajstić information content (AvgIpc) is 3.03. The number of aromatic nitrogens is 2. The molecule has 1 fully saturated rings. The van der Waals surface area contributed by atoms with Crippen LogP contribution >= 0.6 is 0 Å². The number of fused-ring (bicyclic) bond motifs is 1. The van der Waals surface area contributed by atoms with Crippen molar-refractivity contribution in [3.05, 3.63) is 40.9 Å². The molecule has 1 aromatic carbocycles. The van der Waals surface area contributed by atoms with Gasteiger partial charge in [0.25, 0.3) is 5.56 Å². The van der Waals surface area contributed by atoms with Gasteiger partial charge < -0.3 is 10.2 Å². The van der Waals surface area contributed by atoms with E-state index >= 15 is 0 Å². The number of para-hydroxylation sites is 1. The highest BCUT2D eigenvalue weighted by Gasteiger charge is 2.25. The molecule has 1 N–H and O–H groups in total. The molecule has 1 aromatic heterocycles. The fourth-order valence-electron chi connectivity index (χ4n) is 3.15. The van der Waals surface area contributed by atoms with E-state index in [1.807, 2.05) is 30.1 Å². The summed E-state index contributed by atoms with van der Waals surface area (Å²) in [5.41, 5.74) is 0.604. The lowest BCUT2D eigenvalue weighted by molar-refractivity contribution is -0.130. The van der Waals surface area contributed by atoms with Crippen molar-refractivity contribution >= 4 is 16.8 Å². The SMILES string of the molecule is CNC[C@H]1CCN(C(=O)CCn2cnc3ccccc3c2=O)C1. The minimum atomic E-state index is -0.0853. The molecule has 2 heterocycles. The molecule has 0 radical (unpaired) electrons. The quantitative estimate of drug-likeness (QED) is 0.889. The van der Waals surface area contributed by atoms with Crippen LogP contribution in [0.5, 0.6) is 0 Å². The van der Waals surface area contributed by atoms with E-state index < -0.39 is 0 Å². The monoisotopic (exact) mass is 314 g/mol. The number of amides is 1. The Morgan fingerprint density at radius 2 is 2.22 bits per heavy atom. The number of benzene rings is 1. The van der Waals surface area contributed by atoms with Gasteiger partial charge >= 0.3 is 0 Å². The summed E-state index contributed by atoms with van der Waals surface area (Å²) in [6, 6.07) is 7.27. The minimum absolute atomic E-state index is 0.0853. The van der Waals surface area contributed by atoms with E-state index in [1.165, 1.54) is 10.9 Å². The first-order valence-corrected chi connectivity index (χ1v) is 8.05. The first kappa shape index (κ1) is 15.7. The second kappa shape index (κ2) is 6.91. The molecular weight excluding hydrogens is 292 g/mol. The van der Waals surface area contributed by atoms with Gasteiger partial charge in [0, 0.05) is 26.1 Å². The fraction of sp³-hybridized carbons (Fsp3) is 0.471. The van der Waals surface area contributed by atoms with Crippen LogP contribution in [-0.2, 0) is 11.3 Å². The van der Waals surface area contributed by atoms with Gasteiger partial charge in [-0.05, 0) is 38.1 Å². The number of nitrogens with one attached hydrogen (secondary N) is 1. The van der Waals surface area contributed by atoms with Crippen LogP contribution in [0.1, 0.15) is 12.8 Å². The summed E-state index contributed by atoms with van der Waals surface area (Å²) < 4.78 is 1.53. The van der Waals surface area contributed by atoms with E-state index in [-0.39, 0.29) is 11.5 Å². The number of rotatable bonds is 5. The third-order valence-electron chi connectivity index (χ3n) is 4.43. The van der Waals surface area contributed by atoms with Crippen molar-refractivity contribution in [2.24, 2.45) is 5.92 Å². The van der Waals surface area contributed by atoms with Crippen LogP contribution in [0.2, 0.25) is 0 Å². The molecule has 1 aliphatic rings. The number of hydrogen-bond acceptors (Lipinski definition) is 4. The van der Waals surface area contributed by atoms with Crippen molar-refractivity contribution in [2.45, 2.75) is 19.4 Å². The van der Waals surface area contributed by atoms with E-state index in [1.54, 1.807) is 6.07 Å². The van der Waals surface area contributed by atoms with E-state index in [0.29, 0.717) is 29.8 Å². The minimum Gasteiger partial charge on any atom is -0.342 e. The van der Waals surface area contributed by atoms with Gasteiger partial charge in [0.2, 0.25) is 5.91 Å². The maximum Gasteiger partial charge on any atom is 0.261 e. The van der Waals surface area contributed by atoms with Crippen LogP contribution in [0.3, 0.4) is 0 Å². The molecule has 2 aromatic rings. The average molecular weight is 314 g/mol. The Bertz CT molecular complexity index is 756. The first-order chi connectivity index (χ1) is 11.2. The topological polar surface area (TPSA) is 67.2 Å². The summed E-state index contributed by atoms with van der Waals surface area (Å²) in [5, 5.41) is 3.75. The molecule has 1 amide bonds. The lowest BCUT2D eigenvalue weighted by Gasteiger charge is -2.17. The number of likely N-dealkylation sites (tertiary alicyclic amines) is 1. The van der Waals surface area contributed by atoms with E-state index in [2.05, 4.69) is 10.3 Å². The Labute approximate surface area is 135 Å². The van der Waals surface area contributed by atoms with Crippen LogP contribution in [0, 0.1) is 5.92 Å². The Morgan fingerprint density at radius 3 is 3.04 bits per heavy atom.